The van der Waals surface area contributed by atoms with Crippen LogP contribution in [-0.2, 0) is 0 Å². The Balaban J connectivity index is 2.28. The molecule has 0 aliphatic rings. The van der Waals surface area contributed by atoms with E-state index in [9.17, 15) is 9.90 Å². The molecule has 4 nitrogen and oxygen atoms in total. The first-order valence-electron chi connectivity index (χ1n) is 5.64. The van der Waals surface area contributed by atoms with Crippen LogP contribution in [0, 0.1) is 6.92 Å². The summed E-state index contributed by atoms with van der Waals surface area (Å²) >= 11 is 5.77. The fourth-order valence-electron chi connectivity index (χ4n) is 1.70. The van der Waals surface area contributed by atoms with Gasteiger partial charge in [-0.2, -0.15) is 0 Å². The van der Waals surface area contributed by atoms with Crippen molar-refractivity contribution in [3.05, 3.63) is 52.5 Å². The molecular weight excluding hydrogens is 264 g/mol. The Hall–Kier alpha value is -2.20. The number of carbonyl (C=O) groups is 1. The van der Waals surface area contributed by atoms with Gasteiger partial charge in [-0.3, -0.25) is 4.79 Å². The number of benzene rings is 2. The molecule has 0 aliphatic heterocycles. The van der Waals surface area contributed by atoms with Crippen LogP contribution >= 0.6 is 11.6 Å². The molecular formula is C14H13ClN2O2. The van der Waals surface area contributed by atoms with Crippen LogP contribution in [0.2, 0.25) is 5.02 Å². The third kappa shape index (κ3) is 2.80. The van der Waals surface area contributed by atoms with Crippen molar-refractivity contribution in [3.8, 4) is 5.75 Å². The van der Waals surface area contributed by atoms with E-state index >= 15 is 0 Å². The van der Waals surface area contributed by atoms with Crippen molar-refractivity contribution >= 4 is 28.9 Å². The summed E-state index contributed by atoms with van der Waals surface area (Å²) in [6, 6.07) is 9.66. The van der Waals surface area contributed by atoms with Gasteiger partial charge in [0.25, 0.3) is 5.91 Å². The van der Waals surface area contributed by atoms with E-state index < -0.39 is 0 Å². The summed E-state index contributed by atoms with van der Waals surface area (Å²) in [5.74, 6) is -0.392. The zero-order chi connectivity index (χ0) is 14.0. The van der Waals surface area contributed by atoms with Crippen molar-refractivity contribution in [2.75, 3.05) is 11.1 Å². The van der Waals surface area contributed by atoms with Gasteiger partial charge in [-0.05, 0) is 36.8 Å². The van der Waals surface area contributed by atoms with Crippen LogP contribution in [-0.4, -0.2) is 11.0 Å². The molecule has 19 heavy (non-hydrogen) atoms. The monoisotopic (exact) mass is 276 g/mol. The third-order valence-corrected chi connectivity index (χ3v) is 3.06. The Morgan fingerprint density at radius 2 is 2.05 bits per heavy atom. The summed E-state index contributed by atoms with van der Waals surface area (Å²) in [6.45, 7) is 1.86. The molecule has 0 fully saturated rings. The minimum absolute atomic E-state index is 0.0615. The summed E-state index contributed by atoms with van der Waals surface area (Å²) < 4.78 is 0. The second kappa shape index (κ2) is 5.20. The highest BCUT2D eigenvalue weighted by Gasteiger charge is 2.11. The number of amides is 1. The Morgan fingerprint density at radius 1 is 1.32 bits per heavy atom. The smallest absolute Gasteiger partial charge is 0.255 e. The van der Waals surface area contributed by atoms with E-state index in [1.165, 1.54) is 18.2 Å². The largest absolute Gasteiger partial charge is 0.506 e. The van der Waals surface area contributed by atoms with Gasteiger partial charge in [0.05, 0.1) is 16.4 Å². The first-order valence-corrected chi connectivity index (χ1v) is 6.02. The van der Waals surface area contributed by atoms with Crippen LogP contribution in [0.1, 0.15) is 15.9 Å². The Morgan fingerprint density at radius 3 is 2.68 bits per heavy atom. The van der Waals surface area contributed by atoms with E-state index in [4.69, 9.17) is 17.3 Å². The van der Waals surface area contributed by atoms with Gasteiger partial charge < -0.3 is 16.2 Å². The van der Waals surface area contributed by atoms with Crippen molar-refractivity contribution in [1.29, 1.82) is 0 Å². The first kappa shape index (κ1) is 13.2. The molecule has 0 saturated carbocycles. The molecule has 0 atom stereocenters. The molecule has 98 valence electrons. The summed E-state index contributed by atoms with van der Waals surface area (Å²) in [4.78, 5) is 12.1. The predicted molar refractivity (Wildman–Crippen MR) is 76.7 cm³/mol. The summed E-state index contributed by atoms with van der Waals surface area (Å²) in [5.41, 5.74) is 8.13. The lowest BCUT2D eigenvalue weighted by molar-refractivity contribution is 0.102. The molecule has 1 amide bonds. The highest BCUT2D eigenvalue weighted by molar-refractivity contribution is 6.32. The molecule has 0 radical (unpaired) electrons. The SMILES string of the molecule is Cc1cccc(N)c1NC(=O)c1ccc(O)c(Cl)c1. The number of para-hydroxylation sites is 1. The van der Waals surface area contributed by atoms with Crippen molar-refractivity contribution in [1.82, 2.24) is 0 Å². The summed E-state index contributed by atoms with van der Waals surface area (Å²) in [7, 11) is 0. The number of phenols is 1. The highest BCUT2D eigenvalue weighted by Crippen LogP contribution is 2.26. The molecule has 2 aromatic carbocycles. The fourth-order valence-corrected chi connectivity index (χ4v) is 1.88. The molecule has 5 heteroatoms. The second-order valence-corrected chi connectivity index (χ2v) is 4.57. The molecule has 0 unspecified atom stereocenters. The van der Waals surface area contributed by atoms with Crippen LogP contribution in [0.5, 0.6) is 5.75 Å². The Labute approximate surface area is 115 Å². The maximum atomic E-state index is 12.1. The van der Waals surface area contributed by atoms with Gasteiger partial charge in [0, 0.05) is 5.56 Å². The van der Waals surface area contributed by atoms with E-state index in [1.807, 2.05) is 19.1 Å². The number of halogens is 1. The van der Waals surface area contributed by atoms with E-state index in [2.05, 4.69) is 5.32 Å². The van der Waals surface area contributed by atoms with E-state index in [1.54, 1.807) is 6.07 Å². The maximum absolute atomic E-state index is 12.1. The number of hydrogen-bond acceptors (Lipinski definition) is 3. The first-order chi connectivity index (χ1) is 8.99. The van der Waals surface area contributed by atoms with Gasteiger partial charge in [0.1, 0.15) is 5.75 Å². The quantitative estimate of drug-likeness (QED) is 0.737. The van der Waals surface area contributed by atoms with Crippen LogP contribution in [0.25, 0.3) is 0 Å². The van der Waals surface area contributed by atoms with Gasteiger partial charge in [-0.25, -0.2) is 0 Å². The lowest BCUT2D eigenvalue weighted by Crippen LogP contribution is -2.14. The zero-order valence-corrected chi connectivity index (χ0v) is 11.0. The number of rotatable bonds is 2. The molecule has 4 N–H and O–H groups in total. The number of nitrogens with one attached hydrogen (secondary N) is 1. The topological polar surface area (TPSA) is 75.3 Å². The zero-order valence-electron chi connectivity index (χ0n) is 10.3. The highest BCUT2D eigenvalue weighted by atomic mass is 35.5. The molecule has 2 aromatic rings. The number of aromatic hydroxyl groups is 1. The van der Waals surface area contributed by atoms with Crippen molar-refractivity contribution in [2.24, 2.45) is 0 Å². The van der Waals surface area contributed by atoms with Gasteiger partial charge >= 0.3 is 0 Å². The number of aryl methyl sites for hydroxylation is 1. The van der Waals surface area contributed by atoms with E-state index in [0.717, 1.165) is 5.56 Å². The number of hydrogen-bond donors (Lipinski definition) is 3. The number of phenolic OH excluding ortho intramolecular Hbond substituents is 1. The Bertz CT molecular complexity index is 621. The van der Waals surface area contributed by atoms with E-state index in [-0.39, 0.29) is 16.7 Å². The van der Waals surface area contributed by atoms with Gasteiger partial charge in [-0.15, -0.1) is 0 Å². The maximum Gasteiger partial charge on any atom is 0.255 e. The van der Waals surface area contributed by atoms with E-state index in [0.29, 0.717) is 16.9 Å². The average molecular weight is 277 g/mol. The number of nitrogens with two attached hydrogens (primary N) is 1. The normalized spacial score (nSPS) is 10.2. The second-order valence-electron chi connectivity index (χ2n) is 4.16. The van der Waals surface area contributed by atoms with Crippen molar-refractivity contribution < 1.29 is 9.90 Å². The molecule has 0 heterocycles. The predicted octanol–water partition coefficient (Wildman–Crippen LogP) is 3.19. The minimum atomic E-state index is -0.331. The fraction of sp³-hybridized carbons (Fsp3) is 0.0714. The van der Waals surface area contributed by atoms with Crippen LogP contribution < -0.4 is 11.1 Å². The minimum Gasteiger partial charge on any atom is -0.506 e. The molecule has 0 aromatic heterocycles. The average Bonchev–Trinajstić information content (AvgIpc) is 2.37. The lowest BCUT2D eigenvalue weighted by Gasteiger charge is -2.11. The van der Waals surface area contributed by atoms with Crippen LogP contribution in [0.15, 0.2) is 36.4 Å². The van der Waals surface area contributed by atoms with Crippen molar-refractivity contribution in [3.63, 3.8) is 0 Å². The lowest BCUT2D eigenvalue weighted by atomic mass is 10.1. The third-order valence-electron chi connectivity index (χ3n) is 2.75. The number of nitrogen functional groups attached to an aromatic ring is 1. The molecule has 2 rings (SSSR count). The van der Waals surface area contributed by atoms with Crippen molar-refractivity contribution in [2.45, 2.75) is 6.92 Å². The number of carbonyl (C=O) groups excluding carboxylic acids is 1. The standard InChI is InChI=1S/C14H13ClN2O2/c1-8-3-2-4-11(16)13(8)17-14(19)9-5-6-12(18)10(15)7-9/h2-7,18H,16H2,1H3,(H,17,19). The molecule has 0 aliphatic carbocycles. The Kier molecular flexibility index (Phi) is 3.62. The van der Waals surface area contributed by atoms with Crippen LogP contribution in [0.4, 0.5) is 11.4 Å². The van der Waals surface area contributed by atoms with Crippen LogP contribution in [0.3, 0.4) is 0 Å². The molecule has 0 saturated heterocycles. The summed E-state index contributed by atoms with van der Waals surface area (Å²) in [6.07, 6.45) is 0. The van der Waals surface area contributed by atoms with Gasteiger partial charge in [-0.1, -0.05) is 23.7 Å². The molecule has 0 bridgehead atoms. The summed E-state index contributed by atoms with van der Waals surface area (Å²) in [5, 5.41) is 12.2. The van der Waals surface area contributed by atoms with Gasteiger partial charge in [0.15, 0.2) is 0 Å². The number of anilines is 2. The van der Waals surface area contributed by atoms with Gasteiger partial charge in [0.2, 0.25) is 0 Å². The molecule has 0 spiro atoms.